The quantitative estimate of drug-likeness (QED) is 0.105. The van der Waals surface area contributed by atoms with E-state index in [9.17, 15) is 0 Å². The van der Waals surface area contributed by atoms with E-state index in [0.717, 1.165) is 11.8 Å². The third kappa shape index (κ3) is 12.5. The Labute approximate surface area is 425 Å². The molecule has 0 atom stereocenters. The van der Waals surface area contributed by atoms with Gasteiger partial charge in [0.15, 0.2) is 0 Å². The molecule has 0 aromatic heterocycles. The normalized spacial score (nSPS) is 13.4. The van der Waals surface area contributed by atoms with E-state index < -0.39 is 0 Å². The number of aryl methyl sites for hydroxylation is 8. The fourth-order valence-electron chi connectivity index (χ4n) is 10.5. The molecule has 0 bridgehead atoms. The van der Waals surface area contributed by atoms with Crippen LogP contribution in [0.5, 0.6) is 0 Å². The molecule has 10 rings (SSSR count). The summed E-state index contributed by atoms with van der Waals surface area (Å²) in [4.78, 5) is 0. The molecule has 4 heteroatoms. The minimum absolute atomic E-state index is 0. The van der Waals surface area contributed by atoms with E-state index in [1.807, 2.05) is 0 Å². The van der Waals surface area contributed by atoms with E-state index in [-0.39, 0.29) is 30.2 Å². The average molecular weight is 1000 g/mol. The smallest absolute Gasteiger partial charge is 0.0274 e. The molecule has 2 aliphatic rings. The van der Waals surface area contributed by atoms with E-state index >= 15 is 0 Å². The van der Waals surface area contributed by atoms with Crippen LogP contribution >= 0.6 is 0 Å². The molecule has 2 aliphatic carbocycles. The number of benzene rings is 6. The van der Waals surface area contributed by atoms with Gasteiger partial charge in [-0.3, -0.25) is 0 Å². The number of halogens is 2. The Balaban J connectivity index is 0.000000196. The predicted octanol–water partition coefficient (Wildman–Crippen LogP) is 11.7. The van der Waals surface area contributed by atoms with Crippen molar-refractivity contribution in [1.29, 1.82) is 0 Å². The van der Waals surface area contributed by atoms with Gasteiger partial charge in [-0.1, -0.05) is 213 Å². The Morgan fingerprint density at radius 3 is 0.894 bits per heavy atom. The third-order valence-electron chi connectivity index (χ3n) is 13.5. The molecule has 66 heavy (non-hydrogen) atoms. The van der Waals surface area contributed by atoms with Crippen LogP contribution in [0.2, 0.25) is 13.1 Å². The summed E-state index contributed by atoms with van der Waals surface area (Å²) in [7, 11) is 0. The van der Waals surface area contributed by atoms with Crippen LogP contribution < -0.4 is 24.8 Å². The minimum Gasteiger partial charge on any atom is -1.00 e. The van der Waals surface area contributed by atoms with Gasteiger partial charge in [0, 0.05) is 0 Å². The maximum Gasteiger partial charge on any atom is -0.0274 e. The van der Waals surface area contributed by atoms with Crippen molar-refractivity contribution in [2.24, 2.45) is 11.8 Å². The van der Waals surface area contributed by atoms with Gasteiger partial charge in [0.25, 0.3) is 0 Å². The molecule has 0 amide bonds. The van der Waals surface area contributed by atoms with Crippen LogP contribution in [0.4, 0.5) is 0 Å². The molecule has 8 aromatic rings. The van der Waals surface area contributed by atoms with Crippen molar-refractivity contribution in [3.63, 3.8) is 0 Å². The number of rotatable bonds is 8. The van der Waals surface area contributed by atoms with Crippen molar-refractivity contribution in [3.8, 4) is 44.5 Å². The Bertz CT molecular complexity index is 2530. The molecular formula is C62H68Cl2SiZr-2. The first-order valence-corrected chi connectivity index (χ1v) is 30.2. The summed E-state index contributed by atoms with van der Waals surface area (Å²) in [5, 5.41) is 5.63. The molecule has 0 saturated heterocycles. The predicted molar refractivity (Wildman–Crippen MR) is 278 cm³/mol. The standard InChI is InChI=1S/2C30H31.C2H6Si.2ClH.Zr/c2*1-19-10-20(2)13-25(12-19)27-8-9-28(26-14-21(3)11-22(4)15-26)30-18-24(17-29(27)30)16-23-6-5-7-23;1-3-2;;;/h2*8-15,17-18,23H,5-7,16H2,1-4H3;1-2H3;2*1H;/q2*-1;;;;+2/p-2. The van der Waals surface area contributed by atoms with Crippen LogP contribution in [-0.2, 0) is 36.2 Å². The van der Waals surface area contributed by atoms with Gasteiger partial charge in [-0.15, -0.1) is 44.8 Å². The van der Waals surface area contributed by atoms with E-state index in [1.54, 1.807) is 23.3 Å². The van der Waals surface area contributed by atoms with Crippen molar-refractivity contribution in [3.05, 3.63) is 177 Å². The van der Waals surface area contributed by atoms with E-state index in [0.29, 0.717) is 0 Å². The van der Waals surface area contributed by atoms with Gasteiger partial charge in [-0.05, 0) is 91.2 Å². The van der Waals surface area contributed by atoms with Gasteiger partial charge in [0.05, 0.1) is 0 Å². The SMILES string of the molecule is C[Si](C)=[Zr+2].Cc1cc(C)cc(-c2ccc(-c3cc(C)cc(C)c3)c3[cH-]c(CC4CCC4)cc23)c1.Cc1cc(C)cc(-c2ccc(-c3cc(C)cc(C)c3)c3[cH-]c(CC4CCC4)cc23)c1.[Cl-].[Cl-]. The molecule has 0 radical (unpaired) electrons. The maximum absolute atomic E-state index is 2.48. The van der Waals surface area contributed by atoms with Crippen molar-refractivity contribution in [1.82, 2.24) is 0 Å². The van der Waals surface area contributed by atoms with Gasteiger partial charge in [-0.25, -0.2) is 0 Å². The van der Waals surface area contributed by atoms with Gasteiger partial charge in [0.2, 0.25) is 0 Å². The molecule has 340 valence electrons. The summed E-state index contributed by atoms with van der Waals surface area (Å²) in [6.07, 6.45) is 10.9. The summed E-state index contributed by atoms with van der Waals surface area (Å²) in [5.41, 5.74) is 24.7. The van der Waals surface area contributed by atoms with Crippen molar-refractivity contribution in [2.45, 2.75) is 120 Å². The number of hydrogen-bond donors (Lipinski definition) is 0. The minimum atomic E-state index is 0. The Kier molecular flexibility index (Phi) is 17.6. The van der Waals surface area contributed by atoms with E-state index in [1.165, 1.54) is 173 Å². The third-order valence-corrected chi connectivity index (χ3v) is 13.5. The van der Waals surface area contributed by atoms with Gasteiger partial charge in [-0.2, -0.15) is 12.1 Å². The van der Waals surface area contributed by atoms with Gasteiger partial charge in [0.1, 0.15) is 0 Å². The van der Waals surface area contributed by atoms with Crippen molar-refractivity contribution < 1.29 is 48.1 Å². The molecule has 0 N–H and O–H groups in total. The molecule has 0 nitrogen and oxygen atoms in total. The fourth-order valence-corrected chi connectivity index (χ4v) is 10.5. The second-order valence-corrected chi connectivity index (χ2v) is 29.6. The zero-order chi connectivity index (χ0) is 45.2. The summed E-state index contributed by atoms with van der Waals surface area (Å²) >= 11 is 1.74. The van der Waals surface area contributed by atoms with Crippen LogP contribution in [0.1, 0.15) is 94.2 Å². The topological polar surface area (TPSA) is 0 Å². The average Bonchev–Trinajstić information content (AvgIpc) is 3.80. The zero-order valence-electron chi connectivity index (χ0n) is 41.1. The van der Waals surface area contributed by atoms with E-state index in [2.05, 4.69) is 190 Å². The Hall–Kier alpha value is -3.78. The molecule has 0 spiro atoms. The van der Waals surface area contributed by atoms with Crippen molar-refractivity contribution >= 4 is 27.0 Å². The van der Waals surface area contributed by atoms with Crippen molar-refractivity contribution in [2.75, 3.05) is 0 Å². The second kappa shape index (κ2) is 22.6. The van der Waals surface area contributed by atoms with Crippen LogP contribution in [0.25, 0.3) is 66.1 Å². The fraction of sp³-hybridized carbons (Fsp3) is 0.323. The van der Waals surface area contributed by atoms with Crippen LogP contribution in [-0.4, -0.2) is 5.43 Å². The number of hydrogen-bond acceptors (Lipinski definition) is 0. The molecule has 0 aliphatic heterocycles. The first-order chi connectivity index (χ1) is 30.6. The molecule has 0 unspecified atom stereocenters. The molecule has 2 saturated carbocycles. The maximum atomic E-state index is 2.48. The van der Waals surface area contributed by atoms with Crippen LogP contribution in [0, 0.1) is 67.2 Å². The first kappa shape index (κ1) is 51.6. The van der Waals surface area contributed by atoms with Crippen LogP contribution in [0.15, 0.2) is 121 Å². The number of fused-ring (bicyclic) bond motifs is 2. The molecule has 8 aromatic carbocycles. The molecule has 0 heterocycles. The summed E-state index contributed by atoms with van der Waals surface area (Å²) in [6.45, 7) is 22.2. The van der Waals surface area contributed by atoms with Crippen LogP contribution in [0.3, 0.4) is 0 Å². The monoisotopic (exact) mass is 1000 g/mol. The zero-order valence-corrected chi connectivity index (χ0v) is 46.1. The Morgan fingerprint density at radius 2 is 0.652 bits per heavy atom. The summed E-state index contributed by atoms with van der Waals surface area (Å²) < 4.78 is 0. The summed E-state index contributed by atoms with van der Waals surface area (Å²) in [5.74, 6) is 1.77. The van der Waals surface area contributed by atoms with E-state index in [4.69, 9.17) is 0 Å². The first-order valence-electron chi connectivity index (χ1n) is 24.0. The van der Waals surface area contributed by atoms with Gasteiger partial charge >= 0.3 is 41.9 Å². The Morgan fingerprint density at radius 1 is 0.409 bits per heavy atom. The molecule has 2 fully saturated rings. The second-order valence-electron chi connectivity index (χ2n) is 20.2. The van der Waals surface area contributed by atoms with Gasteiger partial charge < -0.3 is 24.8 Å². The molecular weight excluding hydrogens is 935 g/mol. The summed E-state index contributed by atoms with van der Waals surface area (Å²) in [6, 6.07) is 47.0. The largest absolute Gasteiger partial charge is 1.00 e.